The summed E-state index contributed by atoms with van der Waals surface area (Å²) in [5.41, 5.74) is 0.473. The van der Waals surface area contributed by atoms with Crippen molar-refractivity contribution in [3.8, 4) is 5.75 Å². The summed E-state index contributed by atoms with van der Waals surface area (Å²) in [4.78, 5) is 4.40. The molecule has 0 amide bonds. The fourth-order valence-electron chi connectivity index (χ4n) is 1.17. The molecule has 0 atom stereocenters. The fourth-order valence-corrected chi connectivity index (χ4v) is 1.57. The average molecular weight is 264 g/mol. The monoisotopic (exact) mass is 263 g/mol. The van der Waals surface area contributed by atoms with E-state index in [1.807, 2.05) is 0 Å². The van der Waals surface area contributed by atoms with Crippen LogP contribution in [0.4, 0.5) is 4.39 Å². The Morgan fingerprint density at radius 1 is 1.50 bits per heavy atom. The lowest BCUT2D eigenvalue weighted by atomic mass is 10.1. The first-order valence-electron chi connectivity index (χ1n) is 4.02. The van der Waals surface area contributed by atoms with Gasteiger partial charge in [-0.15, -0.1) is 0 Å². The van der Waals surface area contributed by atoms with Crippen molar-refractivity contribution < 1.29 is 14.0 Å². The lowest BCUT2D eigenvalue weighted by Gasteiger charge is -2.09. The second-order valence-electron chi connectivity index (χ2n) is 2.69. The van der Waals surface area contributed by atoms with Crippen molar-refractivity contribution in [3.05, 3.63) is 28.0 Å². The summed E-state index contributed by atoms with van der Waals surface area (Å²) in [5, 5.41) is 0. The van der Waals surface area contributed by atoms with E-state index in [-0.39, 0.29) is 12.4 Å². The molecular weight excluding hydrogens is 253 g/mol. The maximum atomic E-state index is 13.4. The molecule has 1 aromatic rings. The predicted octanol–water partition coefficient (Wildman–Crippen LogP) is 2.03. The first-order valence-corrected chi connectivity index (χ1v) is 4.82. The van der Waals surface area contributed by atoms with E-state index in [1.54, 1.807) is 6.07 Å². The van der Waals surface area contributed by atoms with Gasteiger partial charge in [0, 0.05) is 16.5 Å². The van der Waals surface area contributed by atoms with Crippen molar-refractivity contribution in [2.24, 2.45) is 5.90 Å². The van der Waals surface area contributed by atoms with E-state index < -0.39 is 0 Å². The van der Waals surface area contributed by atoms with Gasteiger partial charge in [-0.2, -0.15) is 0 Å². The molecule has 3 nitrogen and oxygen atoms in total. The number of nitrogens with two attached hydrogens (primary N) is 1. The highest BCUT2D eigenvalue weighted by Gasteiger charge is 2.10. The van der Waals surface area contributed by atoms with Gasteiger partial charge in [0.1, 0.15) is 11.6 Å². The largest absolute Gasteiger partial charge is 0.496 e. The minimum atomic E-state index is -0.326. The quantitative estimate of drug-likeness (QED) is 0.846. The summed E-state index contributed by atoms with van der Waals surface area (Å²) in [6, 6.07) is 3.09. The lowest BCUT2D eigenvalue weighted by molar-refractivity contribution is 0.140. The van der Waals surface area contributed by atoms with E-state index >= 15 is 0 Å². The number of hydrogen-bond donors (Lipinski definition) is 1. The van der Waals surface area contributed by atoms with Gasteiger partial charge in [0.2, 0.25) is 0 Å². The van der Waals surface area contributed by atoms with E-state index in [9.17, 15) is 4.39 Å². The van der Waals surface area contributed by atoms with Crippen LogP contribution < -0.4 is 10.6 Å². The molecule has 2 N–H and O–H groups in total. The third-order valence-electron chi connectivity index (χ3n) is 1.81. The average Bonchev–Trinajstić information content (AvgIpc) is 2.15. The zero-order chi connectivity index (χ0) is 10.6. The molecule has 0 aliphatic carbocycles. The van der Waals surface area contributed by atoms with Crippen molar-refractivity contribution in [2.75, 3.05) is 13.7 Å². The van der Waals surface area contributed by atoms with Gasteiger partial charge in [0.05, 0.1) is 13.7 Å². The van der Waals surface area contributed by atoms with Gasteiger partial charge >= 0.3 is 0 Å². The smallest absolute Gasteiger partial charge is 0.131 e. The molecule has 0 heterocycles. The summed E-state index contributed by atoms with van der Waals surface area (Å²) < 4.78 is 19.1. The number of rotatable bonds is 4. The number of benzene rings is 1. The first kappa shape index (κ1) is 11.4. The van der Waals surface area contributed by atoms with E-state index in [0.717, 1.165) is 0 Å². The molecule has 0 spiro atoms. The molecule has 1 aromatic carbocycles. The van der Waals surface area contributed by atoms with Crippen molar-refractivity contribution in [1.82, 2.24) is 0 Å². The van der Waals surface area contributed by atoms with Gasteiger partial charge in [-0.3, -0.25) is 0 Å². The third-order valence-corrected chi connectivity index (χ3v) is 2.27. The summed E-state index contributed by atoms with van der Waals surface area (Å²) in [6.07, 6.45) is 0.388. The third kappa shape index (κ3) is 2.67. The van der Waals surface area contributed by atoms with Gasteiger partial charge in [-0.1, -0.05) is 15.9 Å². The van der Waals surface area contributed by atoms with Crippen molar-refractivity contribution in [1.29, 1.82) is 0 Å². The highest BCUT2D eigenvalue weighted by Crippen LogP contribution is 2.26. The second-order valence-corrected chi connectivity index (χ2v) is 3.60. The molecule has 0 bridgehead atoms. The van der Waals surface area contributed by atoms with Crippen LogP contribution in [-0.2, 0) is 11.3 Å². The minimum Gasteiger partial charge on any atom is -0.496 e. The summed E-state index contributed by atoms with van der Waals surface area (Å²) in [7, 11) is 1.49. The molecule has 0 saturated heterocycles. The molecule has 1 rings (SSSR count). The van der Waals surface area contributed by atoms with Crippen LogP contribution in [0.25, 0.3) is 0 Å². The molecule has 0 aliphatic heterocycles. The fraction of sp³-hybridized carbons (Fsp3) is 0.333. The number of halogens is 2. The van der Waals surface area contributed by atoms with Crippen LogP contribution in [0.1, 0.15) is 5.56 Å². The Labute approximate surface area is 90.1 Å². The summed E-state index contributed by atoms with van der Waals surface area (Å²) >= 11 is 3.18. The number of ether oxygens (including phenoxy) is 1. The molecule has 5 heteroatoms. The standard InChI is InChI=1S/C9H11BrFNO2/c1-13-9-5-6(10)4-8(11)7(9)2-3-14-12/h4-5H,2-3,12H2,1H3. The van der Waals surface area contributed by atoms with Gasteiger partial charge in [0.15, 0.2) is 0 Å². The number of methoxy groups -OCH3 is 1. The lowest BCUT2D eigenvalue weighted by Crippen LogP contribution is -2.06. The van der Waals surface area contributed by atoms with Crippen LogP contribution >= 0.6 is 15.9 Å². The van der Waals surface area contributed by atoms with Crippen molar-refractivity contribution in [3.63, 3.8) is 0 Å². The maximum absolute atomic E-state index is 13.4. The Hall–Kier alpha value is -0.650. The topological polar surface area (TPSA) is 44.5 Å². The number of hydrogen-bond acceptors (Lipinski definition) is 3. The molecule has 0 unspecified atom stereocenters. The van der Waals surface area contributed by atoms with Crippen molar-refractivity contribution in [2.45, 2.75) is 6.42 Å². The highest BCUT2D eigenvalue weighted by molar-refractivity contribution is 9.10. The van der Waals surface area contributed by atoms with Crippen molar-refractivity contribution >= 4 is 15.9 Å². The molecule has 0 aliphatic rings. The zero-order valence-electron chi connectivity index (χ0n) is 7.72. The van der Waals surface area contributed by atoms with Crippen LogP contribution in [0.3, 0.4) is 0 Å². The first-order chi connectivity index (χ1) is 6.69. The predicted molar refractivity (Wildman–Crippen MR) is 54.5 cm³/mol. The molecular formula is C9H11BrFNO2. The molecule has 0 aromatic heterocycles. The SMILES string of the molecule is COc1cc(Br)cc(F)c1CCON. The van der Waals surface area contributed by atoms with E-state index in [2.05, 4.69) is 20.8 Å². The molecule has 78 valence electrons. The summed E-state index contributed by atoms with van der Waals surface area (Å²) in [6.45, 7) is 0.259. The zero-order valence-corrected chi connectivity index (χ0v) is 9.30. The summed E-state index contributed by atoms with van der Waals surface area (Å²) in [5.74, 6) is 5.04. The van der Waals surface area contributed by atoms with Crippen LogP contribution in [0.5, 0.6) is 5.75 Å². The van der Waals surface area contributed by atoms with Crippen LogP contribution in [0.15, 0.2) is 16.6 Å². The van der Waals surface area contributed by atoms with E-state index in [0.29, 0.717) is 22.2 Å². The molecule has 0 radical (unpaired) electrons. The Kier molecular flexibility index (Phi) is 4.31. The van der Waals surface area contributed by atoms with Gasteiger partial charge < -0.3 is 9.57 Å². The molecule has 0 fully saturated rings. The van der Waals surface area contributed by atoms with Gasteiger partial charge in [-0.25, -0.2) is 10.3 Å². The van der Waals surface area contributed by atoms with Crippen LogP contribution in [-0.4, -0.2) is 13.7 Å². The maximum Gasteiger partial charge on any atom is 0.131 e. The van der Waals surface area contributed by atoms with Crippen LogP contribution in [0, 0.1) is 5.82 Å². The van der Waals surface area contributed by atoms with E-state index in [1.165, 1.54) is 13.2 Å². The Morgan fingerprint density at radius 3 is 2.79 bits per heavy atom. The minimum absolute atomic E-state index is 0.259. The van der Waals surface area contributed by atoms with Crippen LogP contribution in [0.2, 0.25) is 0 Å². The normalized spacial score (nSPS) is 10.3. The Morgan fingerprint density at radius 2 is 2.21 bits per heavy atom. The highest BCUT2D eigenvalue weighted by atomic mass is 79.9. The molecule has 14 heavy (non-hydrogen) atoms. The Balaban J connectivity index is 2.99. The van der Waals surface area contributed by atoms with Gasteiger partial charge in [-0.05, 0) is 12.1 Å². The molecule has 0 saturated carbocycles. The Bertz CT molecular complexity index is 320. The van der Waals surface area contributed by atoms with Gasteiger partial charge in [0.25, 0.3) is 0 Å². The second kappa shape index (κ2) is 5.29. The van der Waals surface area contributed by atoms with E-state index in [4.69, 9.17) is 10.6 Å².